The zero-order chi connectivity index (χ0) is 24.1. The first-order chi connectivity index (χ1) is 16.4. The molecule has 0 saturated heterocycles. The van der Waals surface area contributed by atoms with Gasteiger partial charge in [-0.1, -0.05) is 58.7 Å². The Kier molecular flexibility index (Phi) is 7.25. The molecule has 172 valence electrons. The number of esters is 1. The minimum Gasteiger partial charge on any atom is -0.457 e. The number of aromatic nitrogens is 3. The summed E-state index contributed by atoms with van der Waals surface area (Å²) in [5.74, 6) is -0.811. The highest BCUT2D eigenvalue weighted by Gasteiger charge is 2.17. The SMILES string of the molecule is Cc1c(C(=O)Nc2cccc(COC(=O)c3ccccc3)c2)nnn1Cc1cc(Cl)cc(Cl)c1. The molecule has 3 aromatic carbocycles. The lowest BCUT2D eigenvalue weighted by Gasteiger charge is -2.08. The van der Waals surface area contributed by atoms with E-state index in [1.807, 2.05) is 12.1 Å². The molecule has 0 bridgehead atoms. The van der Waals surface area contributed by atoms with Crippen molar-refractivity contribution in [1.82, 2.24) is 15.0 Å². The lowest BCUT2D eigenvalue weighted by atomic mass is 10.2. The Morgan fingerprint density at radius 3 is 2.41 bits per heavy atom. The lowest BCUT2D eigenvalue weighted by molar-refractivity contribution is 0.0472. The number of benzene rings is 3. The molecule has 0 unspecified atom stereocenters. The van der Waals surface area contributed by atoms with Gasteiger partial charge >= 0.3 is 5.97 Å². The number of halogens is 2. The molecule has 0 spiro atoms. The largest absolute Gasteiger partial charge is 0.457 e. The van der Waals surface area contributed by atoms with Crippen LogP contribution in [0.4, 0.5) is 5.69 Å². The Morgan fingerprint density at radius 1 is 0.941 bits per heavy atom. The third-order valence-electron chi connectivity index (χ3n) is 5.02. The molecular weight excluding hydrogens is 475 g/mol. The zero-order valence-electron chi connectivity index (χ0n) is 18.2. The first kappa shape index (κ1) is 23.5. The van der Waals surface area contributed by atoms with Crippen LogP contribution in [0.25, 0.3) is 0 Å². The highest BCUT2D eigenvalue weighted by Crippen LogP contribution is 2.20. The summed E-state index contributed by atoms with van der Waals surface area (Å²) in [7, 11) is 0. The monoisotopic (exact) mass is 494 g/mol. The standard InChI is InChI=1S/C25H20Cl2N4O3/c1-16-23(29-30-31(16)14-18-10-20(26)13-21(27)11-18)24(32)28-22-9-5-6-17(12-22)15-34-25(33)19-7-3-2-4-8-19/h2-13H,14-15H2,1H3,(H,28,32). The number of nitrogens with one attached hydrogen (secondary N) is 1. The molecule has 0 aliphatic rings. The Bertz CT molecular complexity index is 1320. The highest BCUT2D eigenvalue weighted by molar-refractivity contribution is 6.34. The molecule has 7 nitrogen and oxygen atoms in total. The second-order valence-corrected chi connectivity index (χ2v) is 8.43. The number of hydrogen-bond acceptors (Lipinski definition) is 5. The van der Waals surface area contributed by atoms with E-state index in [4.69, 9.17) is 27.9 Å². The van der Waals surface area contributed by atoms with E-state index in [1.165, 1.54) is 0 Å². The quantitative estimate of drug-likeness (QED) is 0.340. The molecule has 4 aromatic rings. The molecule has 0 radical (unpaired) electrons. The fourth-order valence-electron chi connectivity index (χ4n) is 3.33. The molecule has 1 N–H and O–H groups in total. The van der Waals surface area contributed by atoms with Crippen LogP contribution in [0.2, 0.25) is 10.0 Å². The first-order valence-electron chi connectivity index (χ1n) is 10.4. The van der Waals surface area contributed by atoms with E-state index in [-0.39, 0.29) is 12.3 Å². The first-order valence-corrected chi connectivity index (χ1v) is 11.1. The van der Waals surface area contributed by atoms with Crippen LogP contribution in [-0.4, -0.2) is 26.9 Å². The molecule has 1 heterocycles. The number of carbonyl (C=O) groups excluding carboxylic acids is 2. The van der Waals surface area contributed by atoms with E-state index < -0.39 is 11.9 Å². The fraction of sp³-hybridized carbons (Fsp3) is 0.120. The van der Waals surface area contributed by atoms with Crippen LogP contribution in [0.5, 0.6) is 0 Å². The van der Waals surface area contributed by atoms with Gasteiger partial charge in [0.15, 0.2) is 5.69 Å². The molecule has 0 saturated carbocycles. The van der Waals surface area contributed by atoms with Gasteiger partial charge in [0, 0.05) is 15.7 Å². The lowest BCUT2D eigenvalue weighted by Crippen LogP contribution is -2.15. The summed E-state index contributed by atoms with van der Waals surface area (Å²) in [6, 6.07) is 21.0. The van der Waals surface area contributed by atoms with Gasteiger partial charge in [-0.2, -0.15) is 0 Å². The summed E-state index contributed by atoms with van der Waals surface area (Å²) in [6.45, 7) is 2.21. The maximum absolute atomic E-state index is 12.8. The molecular formula is C25H20Cl2N4O3. The molecule has 34 heavy (non-hydrogen) atoms. The smallest absolute Gasteiger partial charge is 0.338 e. The van der Waals surface area contributed by atoms with Gasteiger partial charge in [-0.05, 0) is 60.5 Å². The summed E-state index contributed by atoms with van der Waals surface area (Å²) < 4.78 is 6.97. The maximum atomic E-state index is 12.8. The molecule has 1 aromatic heterocycles. The number of anilines is 1. The van der Waals surface area contributed by atoms with Gasteiger partial charge in [0.05, 0.1) is 17.8 Å². The predicted molar refractivity (Wildman–Crippen MR) is 130 cm³/mol. The topological polar surface area (TPSA) is 86.1 Å². The Labute approximate surface area is 206 Å². The minimum absolute atomic E-state index is 0.0782. The Morgan fingerprint density at radius 2 is 1.68 bits per heavy atom. The van der Waals surface area contributed by atoms with Gasteiger partial charge in [0.1, 0.15) is 6.61 Å². The molecule has 0 aliphatic heterocycles. The zero-order valence-corrected chi connectivity index (χ0v) is 19.7. The van der Waals surface area contributed by atoms with E-state index in [1.54, 1.807) is 72.3 Å². The van der Waals surface area contributed by atoms with Crippen LogP contribution in [0, 0.1) is 6.92 Å². The fourth-order valence-corrected chi connectivity index (χ4v) is 3.90. The molecule has 9 heteroatoms. The van der Waals surface area contributed by atoms with Gasteiger partial charge in [0.2, 0.25) is 0 Å². The van der Waals surface area contributed by atoms with E-state index in [0.29, 0.717) is 33.5 Å². The minimum atomic E-state index is -0.414. The van der Waals surface area contributed by atoms with E-state index in [2.05, 4.69) is 15.6 Å². The van der Waals surface area contributed by atoms with Crippen molar-refractivity contribution < 1.29 is 14.3 Å². The van der Waals surface area contributed by atoms with Crippen LogP contribution in [0.15, 0.2) is 72.8 Å². The van der Waals surface area contributed by atoms with Crippen molar-refractivity contribution in [3.8, 4) is 0 Å². The van der Waals surface area contributed by atoms with Crippen molar-refractivity contribution in [3.05, 3.63) is 111 Å². The second-order valence-electron chi connectivity index (χ2n) is 7.56. The van der Waals surface area contributed by atoms with Crippen molar-refractivity contribution >= 4 is 40.8 Å². The van der Waals surface area contributed by atoms with Gasteiger partial charge in [0.25, 0.3) is 5.91 Å². The van der Waals surface area contributed by atoms with E-state index >= 15 is 0 Å². The van der Waals surface area contributed by atoms with Crippen molar-refractivity contribution in [1.29, 1.82) is 0 Å². The second kappa shape index (κ2) is 10.5. The van der Waals surface area contributed by atoms with Crippen LogP contribution in [-0.2, 0) is 17.9 Å². The number of amides is 1. The Balaban J connectivity index is 1.40. The maximum Gasteiger partial charge on any atom is 0.338 e. The average Bonchev–Trinajstić information content (AvgIpc) is 3.17. The van der Waals surface area contributed by atoms with Crippen molar-refractivity contribution in [2.24, 2.45) is 0 Å². The van der Waals surface area contributed by atoms with Crippen molar-refractivity contribution in [3.63, 3.8) is 0 Å². The predicted octanol–water partition coefficient (Wildman–Crippen LogP) is 5.55. The van der Waals surface area contributed by atoms with Gasteiger partial charge < -0.3 is 10.1 Å². The molecule has 0 fully saturated rings. The number of hydrogen-bond donors (Lipinski definition) is 1. The molecule has 1 amide bonds. The van der Waals surface area contributed by atoms with E-state index in [9.17, 15) is 9.59 Å². The van der Waals surface area contributed by atoms with Gasteiger partial charge in [-0.25, -0.2) is 9.48 Å². The Hall–Kier alpha value is -3.68. The van der Waals surface area contributed by atoms with Gasteiger partial charge in [-0.15, -0.1) is 5.10 Å². The number of ether oxygens (including phenoxy) is 1. The molecule has 0 aliphatic carbocycles. The summed E-state index contributed by atoms with van der Waals surface area (Å²) in [5.41, 5.74) is 3.41. The van der Waals surface area contributed by atoms with Gasteiger partial charge in [-0.3, -0.25) is 4.79 Å². The summed E-state index contributed by atoms with van der Waals surface area (Å²) in [5, 5.41) is 12.0. The molecule has 0 atom stereocenters. The summed E-state index contributed by atoms with van der Waals surface area (Å²) in [6.07, 6.45) is 0. The highest BCUT2D eigenvalue weighted by atomic mass is 35.5. The van der Waals surface area contributed by atoms with Crippen molar-refractivity contribution in [2.75, 3.05) is 5.32 Å². The van der Waals surface area contributed by atoms with E-state index in [0.717, 1.165) is 11.1 Å². The molecule has 4 rings (SSSR count). The summed E-state index contributed by atoms with van der Waals surface area (Å²) in [4.78, 5) is 25.0. The third-order valence-corrected chi connectivity index (χ3v) is 5.45. The number of carbonyl (C=O) groups is 2. The average molecular weight is 495 g/mol. The number of rotatable bonds is 7. The van der Waals surface area contributed by atoms with Crippen molar-refractivity contribution in [2.45, 2.75) is 20.1 Å². The third kappa shape index (κ3) is 5.81. The number of nitrogens with zero attached hydrogens (tertiary/aromatic N) is 3. The van der Waals surface area contributed by atoms with Crippen LogP contribution in [0.3, 0.4) is 0 Å². The van der Waals surface area contributed by atoms with Crippen LogP contribution in [0.1, 0.15) is 37.7 Å². The van der Waals surface area contributed by atoms with Crippen LogP contribution < -0.4 is 5.32 Å². The normalized spacial score (nSPS) is 10.7. The van der Waals surface area contributed by atoms with Crippen LogP contribution >= 0.6 is 23.2 Å². The summed E-state index contributed by atoms with van der Waals surface area (Å²) >= 11 is 12.1.